The Balaban J connectivity index is 2.09. The third-order valence-electron chi connectivity index (χ3n) is 6.30. The largest absolute Gasteiger partial charge is 0.379 e. The maximum absolute atomic E-state index is 13.0. The Morgan fingerprint density at radius 3 is 2.52 bits per heavy atom. The van der Waals surface area contributed by atoms with E-state index in [1.165, 1.54) is 0 Å². The summed E-state index contributed by atoms with van der Waals surface area (Å²) in [4.78, 5) is 15.1. The number of carbonyl (C=O) groups excluding carboxylic acids is 1. The molecule has 2 aliphatic rings. The highest BCUT2D eigenvalue weighted by Gasteiger charge is 2.46. The third kappa shape index (κ3) is 3.11. The minimum atomic E-state index is -0.0274. The second-order valence-electron chi connectivity index (χ2n) is 7.73. The van der Waals surface area contributed by atoms with Gasteiger partial charge in [-0.3, -0.25) is 4.79 Å². The van der Waals surface area contributed by atoms with E-state index in [0.717, 1.165) is 32.4 Å². The van der Waals surface area contributed by atoms with Crippen LogP contribution in [0.25, 0.3) is 0 Å². The molecule has 1 saturated heterocycles. The molecule has 2 N–H and O–H groups in total. The fraction of sp³-hybridized carbons (Fsp3) is 0.941. The number of carbonyl (C=O) groups is 1. The maximum atomic E-state index is 13.0. The Morgan fingerprint density at radius 1 is 1.24 bits per heavy atom. The van der Waals surface area contributed by atoms with Crippen molar-refractivity contribution >= 4 is 5.91 Å². The van der Waals surface area contributed by atoms with E-state index in [1.54, 1.807) is 7.11 Å². The SMILES string of the molecule is COC1CN(C(=O)C2CCC(N)C(C)C2(C)C)CCC1C. The van der Waals surface area contributed by atoms with Crippen LogP contribution in [0.1, 0.15) is 47.0 Å². The molecule has 1 heterocycles. The van der Waals surface area contributed by atoms with Crippen molar-refractivity contribution in [3.63, 3.8) is 0 Å². The van der Waals surface area contributed by atoms with E-state index in [2.05, 4.69) is 27.7 Å². The number of hydrogen-bond donors (Lipinski definition) is 1. The molecule has 21 heavy (non-hydrogen) atoms. The van der Waals surface area contributed by atoms with Gasteiger partial charge in [-0.2, -0.15) is 0 Å². The highest BCUT2D eigenvalue weighted by molar-refractivity contribution is 5.80. The predicted molar refractivity (Wildman–Crippen MR) is 84.8 cm³/mol. The average Bonchev–Trinajstić information content (AvgIpc) is 2.45. The zero-order chi connectivity index (χ0) is 15.8. The van der Waals surface area contributed by atoms with Gasteiger partial charge in [0.1, 0.15) is 0 Å². The quantitative estimate of drug-likeness (QED) is 0.850. The lowest BCUT2D eigenvalue weighted by atomic mass is 9.60. The first-order valence-electron chi connectivity index (χ1n) is 8.36. The fourth-order valence-corrected chi connectivity index (χ4v) is 4.05. The summed E-state index contributed by atoms with van der Waals surface area (Å²) < 4.78 is 5.55. The van der Waals surface area contributed by atoms with Crippen molar-refractivity contribution in [1.82, 2.24) is 4.90 Å². The van der Waals surface area contributed by atoms with Gasteiger partial charge in [0.15, 0.2) is 0 Å². The summed E-state index contributed by atoms with van der Waals surface area (Å²) in [7, 11) is 1.75. The number of rotatable bonds is 2. The molecule has 1 saturated carbocycles. The predicted octanol–water partition coefficient (Wildman–Crippen LogP) is 2.27. The van der Waals surface area contributed by atoms with E-state index < -0.39 is 0 Å². The third-order valence-corrected chi connectivity index (χ3v) is 6.30. The van der Waals surface area contributed by atoms with Crippen LogP contribution in [-0.2, 0) is 9.53 Å². The van der Waals surface area contributed by atoms with Crippen LogP contribution in [0.15, 0.2) is 0 Å². The molecule has 122 valence electrons. The molecule has 0 aromatic rings. The second-order valence-corrected chi connectivity index (χ2v) is 7.73. The van der Waals surface area contributed by atoms with E-state index in [0.29, 0.717) is 17.7 Å². The number of ether oxygens (including phenoxy) is 1. The molecule has 5 atom stereocenters. The average molecular weight is 296 g/mol. The van der Waals surface area contributed by atoms with E-state index in [9.17, 15) is 4.79 Å². The molecule has 1 amide bonds. The molecular weight excluding hydrogens is 264 g/mol. The summed E-state index contributed by atoms with van der Waals surface area (Å²) in [5, 5.41) is 0. The molecule has 0 spiro atoms. The number of nitrogens with zero attached hydrogens (tertiary/aromatic N) is 1. The highest BCUT2D eigenvalue weighted by Crippen LogP contribution is 2.45. The molecule has 2 fully saturated rings. The van der Waals surface area contributed by atoms with E-state index in [-0.39, 0.29) is 23.5 Å². The van der Waals surface area contributed by atoms with Crippen molar-refractivity contribution in [2.45, 2.75) is 59.1 Å². The van der Waals surface area contributed by atoms with Crippen LogP contribution in [-0.4, -0.2) is 43.2 Å². The van der Waals surface area contributed by atoms with Crippen LogP contribution in [0, 0.1) is 23.2 Å². The van der Waals surface area contributed by atoms with Gasteiger partial charge < -0.3 is 15.4 Å². The zero-order valence-corrected chi connectivity index (χ0v) is 14.3. The zero-order valence-electron chi connectivity index (χ0n) is 14.3. The second kappa shape index (κ2) is 6.25. The van der Waals surface area contributed by atoms with Crippen LogP contribution >= 0.6 is 0 Å². The van der Waals surface area contributed by atoms with Gasteiger partial charge in [0.2, 0.25) is 5.91 Å². The molecule has 0 radical (unpaired) electrons. The van der Waals surface area contributed by atoms with Crippen molar-refractivity contribution in [3.05, 3.63) is 0 Å². The highest BCUT2D eigenvalue weighted by atomic mass is 16.5. The Bertz CT molecular complexity index is 383. The van der Waals surface area contributed by atoms with Gasteiger partial charge in [0.05, 0.1) is 6.10 Å². The number of methoxy groups -OCH3 is 1. The first-order chi connectivity index (χ1) is 9.78. The number of piperidine rings is 1. The molecule has 4 heteroatoms. The lowest BCUT2D eigenvalue weighted by Gasteiger charge is -2.48. The standard InChI is InChI=1S/C17H32N2O2/c1-11-8-9-19(10-15(11)21-5)16(20)13-6-7-14(18)12(2)17(13,3)4/h11-15H,6-10,18H2,1-5H3. The molecule has 0 aromatic heterocycles. The van der Waals surface area contributed by atoms with Gasteiger partial charge in [-0.25, -0.2) is 0 Å². The smallest absolute Gasteiger partial charge is 0.226 e. The minimum Gasteiger partial charge on any atom is -0.379 e. The van der Waals surface area contributed by atoms with Crippen LogP contribution in [0.3, 0.4) is 0 Å². The van der Waals surface area contributed by atoms with Crippen molar-refractivity contribution in [2.75, 3.05) is 20.2 Å². The number of likely N-dealkylation sites (tertiary alicyclic amines) is 1. The summed E-state index contributed by atoms with van der Waals surface area (Å²) in [6.45, 7) is 10.4. The summed E-state index contributed by atoms with van der Waals surface area (Å²) in [6, 6.07) is 0.220. The normalized spacial score (nSPS) is 40.1. The van der Waals surface area contributed by atoms with Gasteiger partial charge in [0, 0.05) is 32.2 Å². The molecular formula is C17H32N2O2. The summed E-state index contributed by atoms with van der Waals surface area (Å²) in [5.41, 5.74) is 6.18. The molecule has 0 aromatic carbocycles. The van der Waals surface area contributed by atoms with E-state index in [4.69, 9.17) is 10.5 Å². The molecule has 1 aliphatic carbocycles. The Kier molecular flexibility index (Phi) is 4.99. The van der Waals surface area contributed by atoms with Gasteiger partial charge in [0.25, 0.3) is 0 Å². The van der Waals surface area contributed by atoms with E-state index in [1.807, 2.05) is 4.90 Å². The minimum absolute atomic E-state index is 0.0274. The summed E-state index contributed by atoms with van der Waals surface area (Å²) in [6.07, 6.45) is 3.08. The molecule has 4 nitrogen and oxygen atoms in total. The van der Waals surface area contributed by atoms with Crippen LogP contribution < -0.4 is 5.73 Å². The lowest BCUT2D eigenvalue weighted by Crippen LogP contribution is -2.55. The van der Waals surface area contributed by atoms with Crippen molar-refractivity contribution in [3.8, 4) is 0 Å². The maximum Gasteiger partial charge on any atom is 0.226 e. The number of amides is 1. The molecule has 0 bridgehead atoms. The molecule has 5 unspecified atom stereocenters. The summed E-state index contributed by atoms with van der Waals surface area (Å²) >= 11 is 0. The summed E-state index contributed by atoms with van der Waals surface area (Å²) in [5.74, 6) is 1.32. The van der Waals surface area contributed by atoms with Crippen molar-refractivity contribution < 1.29 is 9.53 Å². The monoisotopic (exact) mass is 296 g/mol. The first kappa shape index (κ1) is 16.8. The molecule has 2 rings (SSSR count). The Labute approximate surface area is 129 Å². The number of nitrogens with two attached hydrogens (primary N) is 1. The topological polar surface area (TPSA) is 55.6 Å². The van der Waals surface area contributed by atoms with Crippen molar-refractivity contribution in [2.24, 2.45) is 28.9 Å². The van der Waals surface area contributed by atoms with Crippen LogP contribution in [0.2, 0.25) is 0 Å². The molecule has 1 aliphatic heterocycles. The van der Waals surface area contributed by atoms with Crippen LogP contribution in [0.4, 0.5) is 0 Å². The Hall–Kier alpha value is -0.610. The van der Waals surface area contributed by atoms with Gasteiger partial charge in [-0.15, -0.1) is 0 Å². The van der Waals surface area contributed by atoms with Gasteiger partial charge >= 0.3 is 0 Å². The van der Waals surface area contributed by atoms with Gasteiger partial charge in [-0.1, -0.05) is 27.7 Å². The first-order valence-corrected chi connectivity index (χ1v) is 8.36. The lowest BCUT2D eigenvalue weighted by molar-refractivity contribution is -0.148. The van der Waals surface area contributed by atoms with Gasteiger partial charge in [-0.05, 0) is 36.5 Å². The van der Waals surface area contributed by atoms with E-state index >= 15 is 0 Å². The number of hydrogen-bond acceptors (Lipinski definition) is 3. The Morgan fingerprint density at radius 2 is 1.90 bits per heavy atom. The fourth-order valence-electron chi connectivity index (χ4n) is 4.05. The van der Waals surface area contributed by atoms with Crippen molar-refractivity contribution in [1.29, 1.82) is 0 Å². The van der Waals surface area contributed by atoms with Crippen LogP contribution in [0.5, 0.6) is 0 Å².